The van der Waals surface area contributed by atoms with Gasteiger partial charge in [0.1, 0.15) is 0 Å². The first-order valence-electron chi connectivity index (χ1n) is 6.13. The van der Waals surface area contributed by atoms with Gasteiger partial charge in [0.25, 0.3) is 0 Å². The number of methoxy groups -OCH3 is 1. The normalized spacial score (nSPS) is 17.9. The molecule has 2 amide bonds. The molecular weight excluding hydrogens is 267 g/mol. The van der Waals surface area contributed by atoms with Gasteiger partial charge in [-0.3, -0.25) is 4.79 Å². The van der Waals surface area contributed by atoms with E-state index < -0.39 is 23.7 Å². The van der Waals surface area contributed by atoms with E-state index in [-0.39, 0.29) is 12.3 Å². The van der Waals surface area contributed by atoms with E-state index in [0.29, 0.717) is 18.7 Å². The lowest BCUT2D eigenvalue weighted by atomic mass is 10.1. The first kappa shape index (κ1) is 14.1. The molecule has 0 bridgehead atoms. The van der Waals surface area contributed by atoms with E-state index >= 15 is 0 Å². The molecule has 2 rings (SSSR count). The molecule has 1 aliphatic rings. The van der Waals surface area contributed by atoms with E-state index in [1.54, 1.807) is 0 Å². The standard InChI is InChI=1S/C13H15FN2O4/c1-20-11-6-9(2-3-10(11)14)15-13(19)16-5-4-8(7-16)12(17)18/h2-3,6,8H,4-5,7H2,1H3,(H,15,19)(H,17,18). The second-order valence-electron chi connectivity index (χ2n) is 4.55. The maximum Gasteiger partial charge on any atom is 0.321 e. The molecule has 1 aliphatic heterocycles. The van der Waals surface area contributed by atoms with Gasteiger partial charge in [-0.05, 0) is 18.6 Å². The third kappa shape index (κ3) is 2.98. The summed E-state index contributed by atoms with van der Waals surface area (Å²) < 4.78 is 18.1. The molecule has 1 aromatic carbocycles. The molecule has 0 saturated carbocycles. The Balaban J connectivity index is 2.00. The first-order valence-corrected chi connectivity index (χ1v) is 6.13. The summed E-state index contributed by atoms with van der Waals surface area (Å²) in [6.07, 6.45) is 0.440. The van der Waals surface area contributed by atoms with Crippen LogP contribution >= 0.6 is 0 Å². The Morgan fingerprint density at radius 3 is 2.85 bits per heavy atom. The van der Waals surface area contributed by atoms with Gasteiger partial charge in [0.2, 0.25) is 0 Å². The fraction of sp³-hybridized carbons (Fsp3) is 0.385. The number of carboxylic acids is 1. The van der Waals surface area contributed by atoms with Crippen molar-refractivity contribution in [1.29, 1.82) is 0 Å². The van der Waals surface area contributed by atoms with Crippen LogP contribution in [0.15, 0.2) is 18.2 Å². The number of benzene rings is 1. The summed E-state index contributed by atoms with van der Waals surface area (Å²) in [5.74, 6) is -1.91. The smallest absolute Gasteiger partial charge is 0.321 e. The molecule has 0 aliphatic carbocycles. The number of hydrogen-bond acceptors (Lipinski definition) is 3. The topological polar surface area (TPSA) is 78.9 Å². The SMILES string of the molecule is COc1cc(NC(=O)N2CCC(C(=O)O)C2)ccc1F. The third-order valence-electron chi connectivity index (χ3n) is 3.23. The Morgan fingerprint density at radius 2 is 2.25 bits per heavy atom. The van der Waals surface area contributed by atoms with Crippen LogP contribution < -0.4 is 10.1 Å². The lowest BCUT2D eigenvalue weighted by Gasteiger charge is -2.17. The van der Waals surface area contributed by atoms with Crippen LogP contribution in [0.1, 0.15) is 6.42 Å². The van der Waals surface area contributed by atoms with Crippen molar-refractivity contribution in [2.75, 3.05) is 25.5 Å². The number of hydrogen-bond donors (Lipinski definition) is 2. The predicted molar refractivity (Wildman–Crippen MR) is 69.3 cm³/mol. The average Bonchev–Trinajstić information content (AvgIpc) is 2.91. The number of ether oxygens (including phenoxy) is 1. The van der Waals surface area contributed by atoms with Crippen LogP contribution in [0.2, 0.25) is 0 Å². The number of amides is 2. The summed E-state index contributed by atoms with van der Waals surface area (Å²) in [5, 5.41) is 11.5. The monoisotopic (exact) mass is 282 g/mol. The van der Waals surface area contributed by atoms with Crippen LogP contribution in [0.5, 0.6) is 5.75 Å². The number of likely N-dealkylation sites (tertiary alicyclic amines) is 1. The van der Waals surface area contributed by atoms with Crippen LogP contribution in [0, 0.1) is 11.7 Å². The number of carboxylic acid groups (broad SMARTS) is 1. The van der Waals surface area contributed by atoms with Crippen LogP contribution in [0.4, 0.5) is 14.9 Å². The fourth-order valence-electron chi connectivity index (χ4n) is 2.09. The summed E-state index contributed by atoms with van der Waals surface area (Å²) in [6.45, 7) is 0.570. The largest absolute Gasteiger partial charge is 0.494 e. The summed E-state index contributed by atoms with van der Waals surface area (Å²) in [7, 11) is 1.34. The third-order valence-corrected chi connectivity index (χ3v) is 3.23. The zero-order valence-electron chi connectivity index (χ0n) is 10.9. The van der Waals surface area contributed by atoms with Gasteiger partial charge in [-0.25, -0.2) is 9.18 Å². The first-order chi connectivity index (χ1) is 9.51. The van der Waals surface area contributed by atoms with Crippen molar-refractivity contribution in [3.63, 3.8) is 0 Å². The van der Waals surface area contributed by atoms with Crippen molar-refractivity contribution in [3.05, 3.63) is 24.0 Å². The number of nitrogens with one attached hydrogen (secondary N) is 1. The molecular formula is C13H15FN2O4. The second kappa shape index (κ2) is 5.77. The molecule has 1 fully saturated rings. The van der Waals surface area contributed by atoms with Crippen LogP contribution in [-0.2, 0) is 4.79 Å². The van der Waals surface area contributed by atoms with Crippen LogP contribution in [-0.4, -0.2) is 42.2 Å². The number of urea groups is 1. The van der Waals surface area contributed by atoms with E-state index in [1.165, 1.54) is 30.2 Å². The van der Waals surface area contributed by atoms with E-state index in [9.17, 15) is 14.0 Å². The van der Waals surface area contributed by atoms with Crippen molar-refractivity contribution in [1.82, 2.24) is 4.90 Å². The lowest BCUT2D eigenvalue weighted by Crippen LogP contribution is -2.33. The maximum atomic E-state index is 13.2. The number of carbonyl (C=O) groups excluding carboxylic acids is 1. The van der Waals surface area contributed by atoms with Crippen LogP contribution in [0.3, 0.4) is 0 Å². The minimum atomic E-state index is -0.899. The number of rotatable bonds is 3. The molecule has 2 N–H and O–H groups in total. The van der Waals surface area contributed by atoms with E-state index in [2.05, 4.69) is 5.32 Å². The Bertz CT molecular complexity index is 535. The molecule has 1 aromatic rings. The molecule has 1 unspecified atom stereocenters. The van der Waals surface area contributed by atoms with E-state index in [4.69, 9.17) is 9.84 Å². The molecule has 0 spiro atoms. The van der Waals surface area contributed by atoms with Crippen molar-refractivity contribution < 1.29 is 23.8 Å². The van der Waals surface area contributed by atoms with E-state index in [1.807, 2.05) is 0 Å². The molecule has 1 saturated heterocycles. The van der Waals surface area contributed by atoms with Crippen molar-refractivity contribution >= 4 is 17.7 Å². The molecule has 0 radical (unpaired) electrons. The highest BCUT2D eigenvalue weighted by atomic mass is 19.1. The zero-order valence-corrected chi connectivity index (χ0v) is 10.9. The molecule has 108 valence electrons. The van der Waals surface area contributed by atoms with Crippen molar-refractivity contribution in [2.24, 2.45) is 5.92 Å². The summed E-state index contributed by atoms with van der Waals surface area (Å²) >= 11 is 0. The van der Waals surface area contributed by atoms with Gasteiger partial charge >= 0.3 is 12.0 Å². The Hall–Kier alpha value is -2.31. The Kier molecular flexibility index (Phi) is 4.07. The number of nitrogens with zero attached hydrogens (tertiary/aromatic N) is 1. The number of aliphatic carboxylic acids is 1. The quantitative estimate of drug-likeness (QED) is 0.885. The minimum absolute atomic E-state index is 0.0348. The van der Waals surface area contributed by atoms with Gasteiger partial charge < -0.3 is 20.1 Å². The van der Waals surface area contributed by atoms with Gasteiger partial charge in [0, 0.05) is 24.8 Å². The summed E-state index contributed by atoms with van der Waals surface area (Å²) in [6, 6.07) is 3.58. The Labute approximate surface area is 115 Å². The van der Waals surface area contributed by atoms with Gasteiger partial charge in [-0.15, -0.1) is 0 Å². The molecule has 1 atom stereocenters. The molecule has 7 heteroatoms. The van der Waals surface area contributed by atoms with Gasteiger partial charge in [-0.2, -0.15) is 0 Å². The Morgan fingerprint density at radius 1 is 1.50 bits per heavy atom. The minimum Gasteiger partial charge on any atom is -0.494 e. The number of halogens is 1. The maximum absolute atomic E-state index is 13.2. The molecule has 6 nitrogen and oxygen atoms in total. The molecule has 0 aromatic heterocycles. The average molecular weight is 282 g/mol. The van der Waals surface area contributed by atoms with E-state index in [0.717, 1.165) is 0 Å². The number of carbonyl (C=O) groups is 2. The lowest BCUT2D eigenvalue weighted by molar-refractivity contribution is -0.141. The highest BCUT2D eigenvalue weighted by molar-refractivity contribution is 5.90. The summed E-state index contributed by atoms with van der Waals surface area (Å²) in [4.78, 5) is 24.2. The highest BCUT2D eigenvalue weighted by Gasteiger charge is 2.30. The van der Waals surface area contributed by atoms with Crippen LogP contribution in [0.25, 0.3) is 0 Å². The van der Waals surface area contributed by atoms with Crippen molar-refractivity contribution in [2.45, 2.75) is 6.42 Å². The van der Waals surface area contributed by atoms with Crippen molar-refractivity contribution in [3.8, 4) is 5.75 Å². The molecule has 20 heavy (non-hydrogen) atoms. The van der Waals surface area contributed by atoms with Gasteiger partial charge in [0.15, 0.2) is 11.6 Å². The molecule has 1 heterocycles. The van der Waals surface area contributed by atoms with Gasteiger partial charge in [0.05, 0.1) is 13.0 Å². The highest BCUT2D eigenvalue weighted by Crippen LogP contribution is 2.23. The fourth-order valence-corrected chi connectivity index (χ4v) is 2.09. The number of anilines is 1. The predicted octanol–water partition coefficient (Wildman–Crippen LogP) is 1.77. The zero-order chi connectivity index (χ0) is 14.7. The second-order valence-corrected chi connectivity index (χ2v) is 4.55. The van der Waals surface area contributed by atoms with Gasteiger partial charge in [-0.1, -0.05) is 0 Å². The summed E-state index contributed by atoms with van der Waals surface area (Å²) in [5.41, 5.74) is 0.395.